The Kier molecular flexibility index (Phi) is 4.08. The van der Waals surface area contributed by atoms with E-state index in [1.807, 2.05) is 6.92 Å². The SMILES string of the molecule is Cc1cc(C)c(S(=O)(=O)Nc2ncc(Br)s2)c(C)c1N. The summed E-state index contributed by atoms with van der Waals surface area (Å²) in [6.45, 7) is 5.32. The number of anilines is 2. The summed E-state index contributed by atoms with van der Waals surface area (Å²) in [5, 5.41) is 0.315. The summed E-state index contributed by atoms with van der Waals surface area (Å²) in [4.78, 5) is 4.19. The molecule has 0 unspecified atom stereocenters. The highest BCUT2D eigenvalue weighted by atomic mass is 79.9. The Balaban J connectivity index is 2.52. The van der Waals surface area contributed by atoms with Crippen molar-refractivity contribution in [3.8, 4) is 0 Å². The Bertz CT molecular complexity index is 769. The van der Waals surface area contributed by atoms with E-state index in [2.05, 4.69) is 25.6 Å². The summed E-state index contributed by atoms with van der Waals surface area (Å²) in [7, 11) is -3.70. The molecule has 0 bridgehead atoms. The van der Waals surface area contributed by atoms with Crippen LogP contribution in [0.2, 0.25) is 0 Å². The lowest BCUT2D eigenvalue weighted by atomic mass is 10.1. The van der Waals surface area contributed by atoms with E-state index in [1.54, 1.807) is 26.1 Å². The van der Waals surface area contributed by atoms with Gasteiger partial charge in [0.25, 0.3) is 10.0 Å². The second kappa shape index (κ2) is 5.34. The van der Waals surface area contributed by atoms with Crippen LogP contribution in [-0.4, -0.2) is 13.4 Å². The molecule has 2 aromatic rings. The molecule has 0 aliphatic heterocycles. The lowest BCUT2D eigenvalue weighted by Gasteiger charge is -2.15. The molecule has 0 aliphatic rings. The first kappa shape index (κ1) is 15.3. The molecule has 108 valence electrons. The topological polar surface area (TPSA) is 85.1 Å². The van der Waals surface area contributed by atoms with Crippen LogP contribution >= 0.6 is 27.3 Å². The van der Waals surface area contributed by atoms with Crippen molar-refractivity contribution in [1.29, 1.82) is 0 Å². The van der Waals surface area contributed by atoms with Gasteiger partial charge >= 0.3 is 0 Å². The number of aromatic nitrogens is 1. The Morgan fingerprint density at radius 1 is 1.30 bits per heavy atom. The third kappa shape index (κ3) is 2.82. The molecule has 8 heteroatoms. The molecule has 0 saturated carbocycles. The third-order valence-corrected chi connectivity index (χ3v) is 6.08. The van der Waals surface area contributed by atoms with Gasteiger partial charge in [0.05, 0.1) is 14.9 Å². The van der Waals surface area contributed by atoms with Crippen molar-refractivity contribution < 1.29 is 8.42 Å². The minimum Gasteiger partial charge on any atom is -0.398 e. The van der Waals surface area contributed by atoms with Crippen molar-refractivity contribution in [3.63, 3.8) is 0 Å². The molecule has 1 aromatic carbocycles. The number of thiazole rings is 1. The lowest BCUT2D eigenvalue weighted by Crippen LogP contribution is -2.16. The van der Waals surface area contributed by atoms with E-state index in [4.69, 9.17) is 5.73 Å². The molecule has 2 rings (SSSR count). The summed E-state index contributed by atoms with van der Waals surface area (Å²) < 4.78 is 28.2. The van der Waals surface area contributed by atoms with Gasteiger partial charge in [-0.3, -0.25) is 4.72 Å². The van der Waals surface area contributed by atoms with E-state index in [-0.39, 0.29) is 4.90 Å². The van der Waals surface area contributed by atoms with E-state index in [0.717, 1.165) is 9.35 Å². The number of hydrogen-bond donors (Lipinski definition) is 2. The number of benzene rings is 1. The largest absolute Gasteiger partial charge is 0.398 e. The summed E-state index contributed by atoms with van der Waals surface area (Å²) in [5.74, 6) is 0. The third-order valence-electron chi connectivity index (χ3n) is 2.93. The van der Waals surface area contributed by atoms with E-state index in [1.165, 1.54) is 11.3 Å². The predicted octanol–water partition coefficient (Wildman–Crippen LogP) is 3.21. The Morgan fingerprint density at radius 3 is 2.50 bits per heavy atom. The Labute approximate surface area is 130 Å². The zero-order valence-electron chi connectivity index (χ0n) is 11.2. The standard InChI is InChI=1S/C12H14BrN3O2S2/c1-6-4-7(2)11(8(3)10(6)14)20(17,18)16-12-15-5-9(13)19-12/h4-5H,14H2,1-3H3,(H,15,16). The van der Waals surface area contributed by atoms with E-state index in [0.29, 0.717) is 21.9 Å². The van der Waals surface area contributed by atoms with Crippen molar-refractivity contribution >= 4 is 48.1 Å². The highest BCUT2D eigenvalue weighted by Gasteiger charge is 2.23. The molecule has 0 saturated heterocycles. The summed E-state index contributed by atoms with van der Waals surface area (Å²) in [6.07, 6.45) is 1.55. The van der Waals surface area contributed by atoms with Crippen LogP contribution in [0.15, 0.2) is 20.9 Å². The van der Waals surface area contributed by atoms with Crippen LogP contribution in [0.5, 0.6) is 0 Å². The van der Waals surface area contributed by atoms with E-state index < -0.39 is 10.0 Å². The lowest BCUT2D eigenvalue weighted by molar-refractivity contribution is 0.600. The summed E-state index contributed by atoms with van der Waals surface area (Å²) in [6, 6.07) is 1.77. The molecular weight excluding hydrogens is 362 g/mol. The van der Waals surface area contributed by atoms with Crippen LogP contribution in [0.3, 0.4) is 0 Å². The zero-order chi connectivity index (χ0) is 15.1. The number of hydrogen-bond acceptors (Lipinski definition) is 5. The van der Waals surface area contributed by atoms with Gasteiger partial charge in [-0.25, -0.2) is 13.4 Å². The molecule has 1 aromatic heterocycles. The molecular formula is C12H14BrN3O2S2. The Hall–Kier alpha value is -1.12. The van der Waals surface area contributed by atoms with Crippen LogP contribution < -0.4 is 10.5 Å². The highest BCUT2D eigenvalue weighted by molar-refractivity contribution is 9.11. The minimum atomic E-state index is -3.70. The summed E-state index contributed by atoms with van der Waals surface area (Å²) >= 11 is 4.46. The van der Waals surface area contributed by atoms with Gasteiger partial charge < -0.3 is 5.73 Å². The fraction of sp³-hybridized carbons (Fsp3) is 0.250. The maximum absolute atomic E-state index is 12.5. The molecule has 0 spiro atoms. The van der Waals surface area contributed by atoms with Crippen LogP contribution in [-0.2, 0) is 10.0 Å². The number of nitrogens with zero attached hydrogens (tertiary/aromatic N) is 1. The van der Waals surface area contributed by atoms with Gasteiger partial charge in [-0.1, -0.05) is 17.4 Å². The van der Waals surface area contributed by atoms with Crippen molar-refractivity contribution in [1.82, 2.24) is 4.98 Å². The monoisotopic (exact) mass is 375 g/mol. The van der Waals surface area contributed by atoms with Crippen molar-refractivity contribution in [3.05, 3.63) is 32.7 Å². The zero-order valence-corrected chi connectivity index (χ0v) is 14.4. The maximum Gasteiger partial charge on any atom is 0.264 e. The molecule has 0 aliphatic carbocycles. The summed E-state index contributed by atoms with van der Waals surface area (Å²) in [5.41, 5.74) is 8.53. The van der Waals surface area contributed by atoms with Gasteiger partial charge in [0.2, 0.25) is 0 Å². The van der Waals surface area contributed by atoms with Crippen LogP contribution in [0.25, 0.3) is 0 Å². The highest BCUT2D eigenvalue weighted by Crippen LogP contribution is 2.31. The molecule has 0 amide bonds. The number of sulfonamides is 1. The first-order valence-electron chi connectivity index (χ1n) is 5.73. The molecule has 3 N–H and O–H groups in total. The van der Waals surface area contributed by atoms with Crippen LogP contribution in [0.1, 0.15) is 16.7 Å². The molecule has 5 nitrogen and oxygen atoms in total. The number of nitrogen functional groups attached to an aromatic ring is 1. The van der Waals surface area contributed by atoms with Gasteiger partial charge in [-0.05, 0) is 53.4 Å². The number of aryl methyl sites for hydroxylation is 2. The van der Waals surface area contributed by atoms with Crippen molar-refractivity contribution in [2.45, 2.75) is 25.7 Å². The van der Waals surface area contributed by atoms with Crippen LogP contribution in [0.4, 0.5) is 10.8 Å². The van der Waals surface area contributed by atoms with Gasteiger partial charge in [0.15, 0.2) is 5.13 Å². The molecule has 0 atom stereocenters. The quantitative estimate of drug-likeness (QED) is 0.806. The van der Waals surface area contributed by atoms with Gasteiger partial charge in [-0.2, -0.15) is 0 Å². The normalized spacial score (nSPS) is 11.6. The van der Waals surface area contributed by atoms with Crippen LogP contribution in [0, 0.1) is 20.8 Å². The second-order valence-electron chi connectivity index (χ2n) is 4.45. The Morgan fingerprint density at radius 2 is 1.95 bits per heavy atom. The van der Waals surface area contributed by atoms with Crippen molar-refractivity contribution in [2.75, 3.05) is 10.5 Å². The average molecular weight is 376 g/mol. The van der Waals surface area contributed by atoms with Crippen molar-refractivity contribution in [2.24, 2.45) is 0 Å². The maximum atomic E-state index is 12.5. The molecule has 1 heterocycles. The van der Waals surface area contributed by atoms with Gasteiger partial charge in [0, 0.05) is 5.69 Å². The number of halogens is 1. The number of nitrogens with one attached hydrogen (secondary N) is 1. The number of nitrogens with two attached hydrogens (primary N) is 1. The minimum absolute atomic E-state index is 0.215. The van der Waals surface area contributed by atoms with Gasteiger partial charge in [0.1, 0.15) is 0 Å². The fourth-order valence-electron chi connectivity index (χ4n) is 2.06. The van der Waals surface area contributed by atoms with Gasteiger partial charge in [-0.15, -0.1) is 0 Å². The fourth-order valence-corrected chi connectivity index (χ4v) is 4.90. The smallest absolute Gasteiger partial charge is 0.264 e. The molecule has 0 fully saturated rings. The first-order chi connectivity index (χ1) is 9.22. The second-order valence-corrected chi connectivity index (χ2v) is 8.48. The van der Waals surface area contributed by atoms with E-state index >= 15 is 0 Å². The molecule has 20 heavy (non-hydrogen) atoms. The average Bonchev–Trinajstić information content (AvgIpc) is 2.70. The van der Waals surface area contributed by atoms with E-state index in [9.17, 15) is 8.42 Å². The predicted molar refractivity (Wildman–Crippen MR) is 85.7 cm³/mol. The first-order valence-corrected chi connectivity index (χ1v) is 8.82. The molecule has 0 radical (unpaired) electrons. The number of rotatable bonds is 3.